The van der Waals surface area contributed by atoms with Gasteiger partial charge in [0.2, 0.25) is 0 Å². The largest absolute Gasteiger partial charge is 0.478 e. The molecular weight excluding hydrogens is 324 g/mol. The van der Waals surface area contributed by atoms with Gasteiger partial charge in [0, 0.05) is 17.3 Å². The Labute approximate surface area is 140 Å². The number of benzene rings is 1. The number of aromatic carboxylic acids is 1. The highest BCUT2D eigenvalue weighted by Gasteiger charge is 2.13. The summed E-state index contributed by atoms with van der Waals surface area (Å²) >= 11 is 1.51. The van der Waals surface area contributed by atoms with Gasteiger partial charge in [-0.2, -0.15) is 0 Å². The average Bonchev–Trinajstić information content (AvgIpc) is 2.96. The van der Waals surface area contributed by atoms with Crippen molar-refractivity contribution in [1.82, 2.24) is 15.0 Å². The van der Waals surface area contributed by atoms with E-state index < -0.39 is 5.97 Å². The lowest BCUT2D eigenvalue weighted by Gasteiger charge is -2.10. The van der Waals surface area contributed by atoms with E-state index >= 15 is 0 Å². The molecule has 3 aromatic heterocycles. The summed E-state index contributed by atoms with van der Waals surface area (Å²) in [5.41, 5.74) is 2.71. The number of anilines is 2. The molecule has 0 atom stereocenters. The van der Waals surface area contributed by atoms with Crippen LogP contribution in [0, 0.1) is 6.92 Å². The summed E-state index contributed by atoms with van der Waals surface area (Å²) in [7, 11) is 0. The highest BCUT2D eigenvalue weighted by Crippen LogP contribution is 2.35. The van der Waals surface area contributed by atoms with Crippen molar-refractivity contribution in [2.24, 2.45) is 0 Å². The van der Waals surface area contributed by atoms with Crippen molar-refractivity contribution in [1.29, 1.82) is 0 Å². The number of carboxylic acid groups (broad SMARTS) is 1. The lowest BCUT2D eigenvalue weighted by molar-refractivity contribution is 0.0697. The molecule has 0 amide bonds. The summed E-state index contributed by atoms with van der Waals surface area (Å²) in [6, 6.07) is 8.83. The van der Waals surface area contributed by atoms with Crippen LogP contribution < -0.4 is 5.32 Å². The van der Waals surface area contributed by atoms with E-state index in [1.807, 2.05) is 19.1 Å². The molecule has 4 rings (SSSR count). The molecule has 1 aromatic carbocycles. The first-order valence-electron chi connectivity index (χ1n) is 7.22. The molecule has 0 fully saturated rings. The first kappa shape index (κ1) is 14.5. The van der Waals surface area contributed by atoms with Gasteiger partial charge >= 0.3 is 5.97 Å². The van der Waals surface area contributed by atoms with E-state index in [2.05, 4.69) is 20.3 Å². The van der Waals surface area contributed by atoms with Crippen molar-refractivity contribution >= 4 is 49.2 Å². The summed E-state index contributed by atoms with van der Waals surface area (Å²) in [5.74, 6) is -0.314. The molecule has 2 N–H and O–H groups in total. The number of hydrogen-bond acceptors (Lipinski definition) is 6. The van der Waals surface area contributed by atoms with E-state index in [1.165, 1.54) is 17.7 Å². The van der Waals surface area contributed by atoms with Crippen LogP contribution in [0.3, 0.4) is 0 Å². The zero-order valence-electron chi connectivity index (χ0n) is 12.6. The van der Waals surface area contributed by atoms with Gasteiger partial charge in [-0.1, -0.05) is 6.07 Å². The van der Waals surface area contributed by atoms with Crippen LogP contribution in [0.2, 0.25) is 0 Å². The SMILES string of the molecule is Cc1ccc(C(=O)O)cc1Nc1ncnc2c1sc1ncccc12. The quantitative estimate of drug-likeness (QED) is 0.588. The van der Waals surface area contributed by atoms with Crippen molar-refractivity contribution in [2.75, 3.05) is 5.32 Å². The number of nitrogens with zero attached hydrogens (tertiary/aromatic N) is 3. The number of nitrogens with one attached hydrogen (secondary N) is 1. The third kappa shape index (κ3) is 2.35. The minimum Gasteiger partial charge on any atom is -0.478 e. The van der Waals surface area contributed by atoms with Crippen LogP contribution in [-0.4, -0.2) is 26.0 Å². The van der Waals surface area contributed by atoms with Crippen LogP contribution in [0.25, 0.3) is 20.4 Å². The maximum Gasteiger partial charge on any atom is 0.335 e. The molecule has 0 bridgehead atoms. The van der Waals surface area contributed by atoms with E-state index in [1.54, 1.807) is 24.4 Å². The molecule has 4 aromatic rings. The molecule has 118 valence electrons. The van der Waals surface area contributed by atoms with Crippen LogP contribution in [-0.2, 0) is 0 Å². The smallest absolute Gasteiger partial charge is 0.335 e. The lowest BCUT2D eigenvalue weighted by atomic mass is 10.1. The number of fused-ring (bicyclic) bond motifs is 3. The summed E-state index contributed by atoms with van der Waals surface area (Å²) in [4.78, 5) is 25.1. The monoisotopic (exact) mass is 336 g/mol. The van der Waals surface area contributed by atoms with E-state index in [4.69, 9.17) is 0 Å². The number of aromatic nitrogens is 3. The van der Waals surface area contributed by atoms with E-state index in [-0.39, 0.29) is 5.56 Å². The van der Waals surface area contributed by atoms with Gasteiger partial charge in [-0.3, -0.25) is 0 Å². The number of aryl methyl sites for hydroxylation is 1. The van der Waals surface area contributed by atoms with Crippen molar-refractivity contribution in [3.8, 4) is 0 Å². The Balaban J connectivity index is 1.86. The lowest BCUT2D eigenvalue weighted by Crippen LogP contribution is -2.01. The molecule has 0 radical (unpaired) electrons. The maximum atomic E-state index is 11.2. The van der Waals surface area contributed by atoms with Crippen LogP contribution in [0.4, 0.5) is 11.5 Å². The van der Waals surface area contributed by atoms with Gasteiger partial charge in [0.1, 0.15) is 11.2 Å². The maximum absolute atomic E-state index is 11.2. The normalized spacial score (nSPS) is 11.0. The zero-order chi connectivity index (χ0) is 16.7. The number of hydrogen-bond donors (Lipinski definition) is 2. The summed E-state index contributed by atoms with van der Waals surface area (Å²) in [6.07, 6.45) is 3.25. The Morgan fingerprint density at radius 3 is 2.92 bits per heavy atom. The van der Waals surface area contributed by atoms with Crippen LogP contribution in [0.5, 0.6) is 0 Å². The molecule has 7 heteroatoms. The van der Waals surface area contributed by atoms with Crippen LogP contribution in [0.1, 0.15) is 15.9 Å². The minimum absolute atomic E-state index is 0.228. The first-order chi connectivity index (χ1) is 11.6. The zero-order valence-corrected chi connectivity index (χ0v) is 13.5. The van der Waals surface area contributed by atoms with Crippen molar-refractivity contribution in [2.45, 2.75) is 6.92 Å². The Bertz CT molecular complexity index is 1090. The third-order valence-electron chi connectivity index (χ3n) is 3.77. The first-order valence-corrected chi connectivity index (χ1v) is 8.04. The number of carboxylic acids is 1. The summed E-state index contributed by atoms with van der Waals surface area (Å²) < 4.78 is 0.895. The predicted octanol–water partition coefficient (Wildman–Crippen LogP) is 3.99. The molecular formula is C17H12N4O2S. The highest BCUT2D eigenvalue weighted by atomic mass is 32.1. The number of rotatable bonds is 3. The second kappa shape index (κ2) is 5.54. The number of carbonyl (C=O) groups is 1. The second-order valence-electron chi connectivity index (χ2n) is 5.32. The van der Waals surface area contributed by atoms with E-state index in [9.17, 15) is 9.90 Å². The van der Waals surface area contributed by atoms with E-state index in [0.717, 1.165) is 26.0 Å². The molecule has 0 aliphatic rings. The predicted molar refractivity (Wildman–Crippen MR) is 94.1 cm³/mol. The molecule has 0 saturated carbocycles. The number of thiophene rings is 1. The Kier molecular flexibility index (Phi) is 3.35. The van der Waals surface area contributed by atoms with E-state index in [0.29, 0.717) is 11.5 Å². The Hall–Kier alpha value is -3.06. The van der Waals surface area contributed by atoms with Gasteiger partial charge < -0.3 is 10.4 Å². The highest BCUT2D eigenvalue weighted by molar-refractivity contribution is 7.25. The fraction of sp³-hybridized carbons (Fsp3) is 0.0588. The Morgan fingerprint density at radius 2 is 2.08 bits per heavy atom. The fourth-order valence-corrected chi connectivity index (χ4v) is 3.56. The van der Waals surface area contributed by atoms with Crippen LogP contribution >= 0.6 is 11.3 Å². The number of pyridine rings is 1. The van der Waals surface area contributed by atoms with Crippen molar-refractivity contribution in [3.63, 3.8) is 0 Å². The Morgan fingerprint density at radius 1 is 1.21 bits per heavy atom. The second-order valence-corrected chi connectivity index (χ2v) is 6.32. The minimum atomic E-state index is -0.961. The average molecular weight is 336 g/mol. The molecule has 0 aliphatic carbocycles. The fourth-order valence-electron chi connectivity index (χ4n) is 2.52. The standard InChI is InChI=1S/C17H12N4O2S/c1-9-4-5-10(17(22)23)7-12(9)21-15-14-13(19-8-20-15)11-3-2-6-18-16(11)24-14/h2-8H,1H3,(H,22,23)(H,19,20,21). The molecule has 24 heavy (non-hydrogen) atoms. The van der Waals surface area contributed by atoms with Gasteiger partial charge in [-0.15, -0.1) is 11.3 Å². The molecule has 3 heterocycles. The molecule has 6 nitrogen and oxygen atoms in total. The van der Waals surface area contributed by atoms with Crippen molar-refractivity contribution in [3.05, 3.63) is 54.0 Å². The van der Waals surface area contributed by atoms with Gasteiger partial charge in [0.25, 0.3) is 0 Å². The molecule has 0 aliphatic heterocycles. The molecule has 0 unspecified atom stereocenters. The summed E-state index contributed by atoms with van der Waals surface area (Å²) in [6.45, 7) is 1.92. The third-order valence-corrected chi connectivity index (χ3v) is 4.88. The molecule has 0 saturated heterocycles. The van der Waals surface area contributed by atoms with Crippen LogP contribution in [0.15, 0.2) is 42.9 Å². The molecule has 0 spiro atoms. The van der Waals surface area contributed by atoms with Gasteiger partial charge in [0.15, 0.2) is 5.82 Å². The van der Waals surface area contributed by atoms with Crippen molar-refractivity contribution < 1.29 is 9.90 Å². The van der Waals surface area contributed by atoms with Gasteiger partial charge in [-0.25, -0.2) is 19.7 Å². The summed E-state index contributed by atoms with van der Waals surface area (Å²) in [5, 5.41) is 13.4. The van der Waals surface area contributed by atoms with Gasteiger partial charge in [0.05, 0.1) is 15.8 Å². The topological polar surface area (TPSA) is 88.0 Å². The van der Waals surface area contributed by atoms with Gasteiger partial charge in [-0.05, 0) is 36.8 Å².